The number of amides is 1. The second-order valence-electron chi connectivity index (χ2n) is 5.52. The van der Waals surface area contributed by atoms with Crippen LogP contribution in [-0.4, -0.2) is 12.5 Å². The molecule has 2 rings (SSSR count). The fourth-order valence-corrected chi connectivity index (χ4v) is 2.78. The van der Waals surface area contributed by atoms with Gasteiger partial charge in [-0.15, -0.1) is 0 Å². The Morgan fingerprint density at radius 3 is 2.74 bits per heavy atom. The molecule has 0 unspecified atom stereocenters. The molecule has 0 atom stereocenters. The fourth-order valence-electron chi connectivity index (χ4n) is 2.53. The molecule has 1 aromatic carbocycles. The molecule has 1 aliphatic rings. The van der Waals surface area contributed by atoms with Gasteiger partial charge in [-0.3, -0.25) is 4.79 Å². The molecule has 0 saturated heterocycles. The van der Waals surface area contributed by atoms with Crippen molar-refractivity contribution in [1.29, 1.82) is 0 Å². The van der Waals surface area contributed by atoms with Crippen LogP contribution in [0.1, 0.15) is 48.5 Å². The van der Waals surface area contributed by atoms with Crippen LogP contribution in [0.3, 0.4) is 0 Å². The van der Waals surface area contributed by atoms with E-state index in [0.717, 1.165) is 18.7 Å². The number of nitrogens with two attached hydrogens (primary N) is 1. The van der Waals surface area contributed by atoms with Gasteiger partial charge in [-0.25, -0.2) is 0 Å². The Labute approximate surface area is 119 Å². The van der Waals surface area contributed by atoms with Gasteiger partial charge in [0.05, 0.1) is 0 Å². The zero-order valence-corrected chi connectivity index (χ0v) is 12.1. The van der Waals surface area contributed by atoms with Crippen LogP contribution in [0, 0.1) is 5.41 Å². The lowest BCUT2D eigenvalue weighted by Gasteiger charge is -2.15. The average molecular weight is 281 g/mol. The van der Waals surface area contributed by atoms with Crippen LogP contribution in [0.15, 0.2) is 18.2 Å². The minimum atomic E-state index is -0.443. The van der Waals surface area contributed by atoms with Crippen molar-refractivity contribution < 1.29 is 4.79 Å². The van der Waals surface area contributed by atoms with Gasteiger partial charge in [-0.05, 0) is 42.4 Å². The van der Waals surface area contributed by atoms with Crippen LogP contribution in [0.4, 0.5) is 0 Å². The van der Waals surface area contributed by atoms with E-state index in [1.165, 1.54) is 25.7 Å². The van der Waals surface area contributed by atoms with Gasteiger partial charge >= 0.3 is 0 Å². The molecule has 1 fully saturated rings. The molecule has 0 bridgehead atoms. The number of carbonyl (C=O) groups excluding carboxylic acids is 1. The summed E-state index contributed by atoms with van der Waals surface area (Å²) in [5.41, 5.74) is 7.22. The van der Waals surface area contributed by atoms with Crippen molar-refractivity contribution in [2.24, 2.45) is 11.1 Å². The lowest BCUT2D eigenvalue weighted by molar-refractivity contribution is 0.100. The van der Waals surface area contributed by atoms with E-state index >= 15 is 0 Å². The number of primary amides is 1. The number of nitrogens with one attached hydrogen (secondary N) is 1. The van der Waals surface area contributed by atoms with Crippen LogP contribution >= 0.6 is 11.6 Å². The van der Waals surface area contributed by atoms with Gasteiger partial charge in [0, 0.05) is 23.7 Å². The maximum absolute atomic E-state index is 11.0. The number of benzene rings is 1. The van der Waals surface area contributed by atoms with Crippen LogP contribution in [0.25, 0.3) is 0 Å². The Balaban J connectivity index is 1.88. The topological polar surface area (TPSA) is 55.1 Å². The van der Waals surface area contributed by atoms with E-state index in [0.29, 0.717) is 16.0 Å². The molecule has 0 aromatic heterocycles. The molecular formula is C15H21ClN2O. The maximum atomic E-state index is 11.0. The lowest BCUT2D eigenvalue weighted by atomic mass is 10.0. The molecular weight excluding hydrogens is 260 g/mol. The molecule has 1 saturated carbocycles. The van der Waals surface area contributed by atoms with E-state index in [-0.39, 0.29) is 0 Å². The number of hydrogen-bond acceptors (Lipinski definition) is 2. The Morgan fingerprint density at radius 1 is 1.47 bits per heavy atom. The van der Waals surface area contributed by atoms with Crippen molar-refractivity contribution in [1.82, 2.24) is 5.32 Å². The molecule has 19 heavy (non-hydrogen) atoms. The molecule has 3 N–H and O–H groups in total. The van der Waals surface area contributed by atoms with Gasteiger partial charge in [0.2, 0.25) is 5.91 Å². The SMILES string of the molecule is CCCC1(CNCc2ccc(C(N)=O)cc2Cl)CC1. The zero-order chi connectivity index (χ0) is 13.9. The largest absolute Gasteiger partial charge is 0.366 e. The Hall–Kier alpha value is -1.06. The Kier molecular flexibility index (Phi) is 4.48. The number of carbonyl (C=O) groups is 1. The first-order valence-corrected chi connectivity index (χ1v) is 7.23. The summed E-state index contributed by atoms with van der Waals surface area (Å²) in [6.07, 6.45) is 5.22. The van der Waals surface area contributed by atoms with Crippen molar-refractivity contribution in [3.63, 3.8) is 0 Å². The normalized spacial score (nSPS) is 16.3. The Bertz CT molecular complexity index is 469. The van der Waals surface area contributed by atoms with Crippen LogP contribution < -0.4 is 11.1 Å². The third-order valence-corrected chi connectivity index (χ3v) is 4.24. The first kappa shape index (κ1) is 14.4. The van der Waals surface area contributed by atoms with Gasteiger partial charge in [-0.1, -0.05) is 31.0 Å². The third-order valence-electron chi connectivity index (χ3n) is 3.89. The van der Waals surface area contributed by atoms with E-state index in [9.17, 15) is 4.79 Å². The monoisotopic (exact) mass is 280 g/mol. The van der Waals surface area contributed by atoms with E-state index in [2.05, 4.69) is 12.2 Å². The first-order chi connectivity index (χ1) is 9.06. The van der Waals surface area contributed by atoms with E-state index in [1.54, 1.807) is 12.1 Å². The second-order valence-corrected chi connectivity index (χ2v) is 5.93. The summed E-state index contributed by atoms with van der Waals surface area (Å²) in [5, 5.41) is 4.08. The molecule has 0 heterocycles. The third kappa shape index (κ3) is 3.71. The van der Waals surface area contributed by atoms with E-state index in [1.807, 2.05) is 6.07 Å². The highest BCUT2D eigenvalue weighted by molar-refractivity contribution is 6.31. The summed E-state index contributed by atoms with van der Waals surface area (Å²) in [7, 11) is 0. The minimum Gasteiger partial charge on any atom is -0.366 e. The molecule has 1 amide bonds. The first-order valence-electron chi connectivity index (χ1n) is 6.85. The van der Waals surface area contributed by atoms with Crippen molar-refractivity contribution in [2.45, 2.75) is 39.2 Å². The van der Waals surface area contributed by atoms with Gasteiger partial charge in [0.15, 0.2) is 0 Å². The Morgan fingerprint density at radius 2 is 2.21 bits per heavy atom. The van der Waals surface area contributed by atoms with Gasteiger partial charge in [0.25, 0.3) is 0 Å². The van der Waals surface area contributed by atoms with Gasteiger partial charge in [0.1, 0.15) is 0 Å². The number of rotatable bonds is 7. The summed E-state index contributed by atoms with van der Waals surface area (Å²) < 4.78 is 0. The minimum absolute atomic E-state index is 0.443. The van der Waals surface area contributed by atoms with Gasteiger partial charge < -0.3 is 11.1 Å². The quantitative estimate of drug-likeness (QED) is 0.806. The number of hydrogen-bond donors (Lipinski definition) is 2. The highest BCUT2D eigenvalue weighted by Gasteiger charge is 2.40. The molecule has 0 aliphatic heterocycles. The summed E-state index contributed by atoms with van der Waals surface area (Å²) in [6, 6.07) is 5.23. The summed E-state index contributed by atoms with van der Waals surface area (Å²) >= 11 is 6.15. The van der Waals surface area contributed by atoms with Crippen LogP contribution in [-0.2, 0) is 6.54 Å². The molecule has 4 heteroatoms. The molecule has 3 nitrogen and oxygen atoms in total. The maximum Gasteiger partial charge on any atom is 0.248 e. The van der Waals surface area contributed by atoms with Crippen molar-refractivity contribution in [3.8, 4) is 0 Å². The summed E-state index contributed by atoms with van der Waals surface area (Å²) in [5.74, 6) is -0.443. The summed E-state index contributed by atoms with van der Waals surface area (Å²) in [6.45, 7) is 4.03. The lowest BCUT2D eigenvalue weighted by Crippen LogP contribution is -2.23. The second kappa shape index (κ2) is 5.93. The van der Waals surface area contributed by atoms with Crippen molar-refractivity contribution in [2.75, 3.05) is 6.54 Å². The average Bonchev–Trinajstić information content (AvgIpc) is 3.11. The predicted octanol–water partition coefficient (Wildman–Crippen LogP) is 3.11. The highest BCUT2D eigenvalue weighted by atomic mass is 35.5. The molecule has 1 aliphatic carbocycles. The van der Waals surface area contributed by atoms with Crippen LogP contribution in [0.2, 0.25) is 5.02 Å². The van der Waals surface area contributed by atoms with Gasteiger partial charge in [-0.2, -0.15) is 0 Å². The van der Waals surface area contributed by atoms with E-state index in [4.69, 9.17) is 17.3 Å². The van der Waals surface area contributed by atoms with Crippen molar-refractivity contribution in [3.05, 3.63) is 34.3 Å². The molecule has 104 valence electrons. The standard InChI is InChI=1S/C15H21ClN2O/c1-2-5-15(6-7-15)10-18-9-12-4-3-11(14(17)19)8-13(12)16/h3-4,8,18H,2,5-7,9-10H2,1H3,(H2,17,19). The van der Waals surface area contributed by atoms with E-state index < -0.39 is 5.91 Å². The predicted molar refractivity (Wildman–Crippen MR) is 78.3 cm³/mol. The van der Waals surface area contributed by atoms with Crippen LogP contribution in [0.5, 0.6) is 0 Å². The zero-order valence-electron chi connectivity index (χ0n) is 11.3. The molecule has 1 aromatic rings. The summed E-state index contributed by atoms with van der Waals surface area (Å²) in [4.78, 5) is 11.0. The van der Waals surface area contributed by atoms with Crippen molar-refractivity contribution >= 4 is 17.5 Å². The molecule has 0 radical (unpaired) electrons. The number of halogens is 1. The smallest absolute Gasteiger partial charge is 0.248 e. The molecule has 0 spiro atoms. The fraction of sp³-hybridized carbons (Fsp3) is 0.533. The highest BCUT2D eigenvalue weighted by Crippen LogP contribution is 2.48.